The van der Waals surface area contributed by atoms with Gasteiger partial charge in [0.1, 0.15) is 5.60 Å². The van der Waals surface area contributed by atoms with Crippen molar-refractivity contribution in [2.45, 2.75) is 39.2 Å². The summed E-state index contributed by atoms with van der Waals surface area (Å²) in [4.78, 5) is 23.7. The molecule has 0 aromatic heterocycles. The van der Waals surface area contributed by atoms with E-state index >= 15 is 0 Å². The van der Waals surface area contributed by atoms with E-state index in [0.29, 0.717) is 13.1 Å². The fourth-order valence-electron chi connectivity index (χ4n) is 1.55. The first kappa shape index (κ1) is 13.9. The Kier molecular flexibility index (Phi) is 4.06. The van der Waals surface area contributed by atoms with Gasteiger partial charge in [-0.25, -0.2) is 13.6 Å². The SMILES string of the molecule is CC(C)(C)OC(=O)N1CC(CC(=O)C(F)F)C1. The molecule has 0 N–H and O–H groups in total. The van der Waals surface area contributed by atoms with Gasteiger partial charge in [0.25, 0.3) is 6.43 Å². The zero-order valence-corrected chi connectivity index (χ0v) is 10.2. The second-order valence-corrected chi connectivity index (χ2v) is 5.22. The monoisotopic (exact) mass is 249 g/mol. The first-order chi connectivity index (χ1) is 7.69. The third-order valence-electron chi connectivity index (χ3n) is 2.34. The maximum absolute atomic E-state index is 12.0. The van der Waals surface area contributed by atoms with E-state index in [1.807, 2.05) is 0 Å². The molecule has 0 unspecified atom stereocenters. The first-order valence-corrected chi connectivity index (χ1v) is 5.48. The predicted molar refractivity (Wildman–Crippen MR) is 56.9 cm³/mol. The quantitative estimate of drug-likeness (QED) is 0.769. The van der Waals surface area contributed by atoms with E-state index in [0.717, 1.165) is 0 Å². The summed E-state index contributed by atoms with van der Waals surface area (Å²) >= 11 is 0. The summed E-state index contributed by atoms with van der Waals surface area (Å²) < 4.78 is 29.0. The van der Waals surface area contributed by atoms with Crippen LogP contribution < -0.4 is 0 Å². The molecule has 0 radical (unpaired) electrons. The van der Waals surface area contributed by atoms with Gasteiger partial charge >= 0.3 is 6.09 Å². The molecular weight excluding hydrogens is 232 g/mol. The number of nitrogens with zero attached hydrogens (tertiary/aromatic N) is 1. The number of hydrogen-bond donors (Lipinski definition) is 0. The molecule has 0 aromatic carbocycles. The lowest BCUT2D eigenvalue weighted by atomic mass is 9.95. The third kappa shape index (κ3) is 4.28. The maximum Gasteiger partial charge on any atom is 0.410 e. The average Bonchev–Trinajstić information content (AvgIpc) is 2.06. The summed E-state index contributed by atoms with van der Waals surface area (Å²) in [5.74, 6) is -1.22. The lowest BCUT2D eigenvalue weighted by Crippen LogP contribution is -2.52. The van der Waals surface area contributed by atoms with Gasteiger partial charge in [-0.3, -0.25) is 4.79 Å². The minimum atomic E-state index is -2.91. The number of hydrogen-bond acceptors (Lipinski definition) is 3. The number of likely N-dealkylation sites (tertiary alicyclic amines) is 1. The molecule has 0 saturated carbocycles. The molecule has 1 rings (SSSR count). The molecule has 0 bridgehead atoms. The van der Waals surface area contributed by atoms with Crippen LogP contribution in [0.5, 0.6) is 0 Å². The summed E-state index contributed by atoms with van der Waals surface area (Å²) in [6.45, 7) is 5.88. The van der Waals surface area contributed by atoms with Gasteiger partial charge < -0.3 is 9.64 Å². The molecule has 1 aliphatic heterocycles. The number of carbonyl (C=O) groups excluding carboxylic acids is 2. The highest BCUT2D eigenvalue weighted by molar-refractivity contribution is 5.82. The number of Topliss-reactive ketones (excluding diaryl/α,β-unsaturated/α-hetero) is 1. The number of halogens is 2. The zero-order chi connectivity index (χ0) is 13.2. The molecule has 0 aromatic rings. The van der Waals surface area contributed by atoms with Gasteiger partial charge in [0.2, 0.25) is 0 Å². The largest absolute Gasteiger partial charge is 0.444 e. The minimum absolute atomic E-state index is 0.163. The van der Waals surface area contributed by atoms with E-state index in [1.165, 1.54) is 4.90 Å². The van der Waals surface area contributed by atoms with Gasteiger partial charge in [-0.05, 0) is 20.8 Å². The van der Waals surface area contributed by atoms with Crippen LogP contribution >= 0.6 is 0 Å². The lowest BCUT2D eigenvalue weighted by molar-refractivity contribution is -0.131. The second kappa shape index (κ2) is 4.98. The summed E-state index contributed by atoms with van der Waals surface area (Å²) in [5, 5.41) is 0. The summed E-state index contributed by atoms with van der Waals surface area (Å²) in [6.07, 6.45) is -3.54. The van der Waals surface area contributed by atoms with Crippen molar-refractivity contribution in [2.24, 2.45) is 5.92 Å². The molecule has 17 heavy (non-hydrogen) atoms. The van der Waals surface area contributed by atoms with E-state index in [4.69, 9.17) is 4.74 Å². The van der Waals surface area contributed by atoms with Crippen LogP contribution in [0.25, 0.3) is 0 Å². The topological polar surface area (TPSA) is 46.6 Å². The second-order valence-electron chi connectivity index (χ2n) is 5.22. The minimum Gasteiger partial charge on any atom is -0.444 e. The Morgan fingerprint density at radius 1 is 1.35 bits per heavy atom. The van der Waals surface area contributed by atoms with Crippen molar-refractivity contribution in [3.63, 3.8) is 0 Å². The van der Waals surface area contributed by atoms with Crippen molar-refractivity contribution in [3.05, 3.63) is 0 Å². The van der Waals surface area contributed by atoms with E-state index in [2.05, 4.69) is 0 Å². The summed E-state index contributed by atoms with van der Waals surface area (Å²) in [7, 11) is 0. The number of alkyl halides is 2. The molecular formula is C11H17F2NO3. The predicted octanol–water partition coefficient (Wildman–Crippen LogP) is 2.08. The Labute approximate surface area is 98.9 Å². The van der Waals surface area contributed by atoms with Crippen molar-refractivity contribution in [2.75, 3.05) is 13.1 Å². The standard InChI is InChI=1S/C11H17F2NO3/c1-11(2,3)17-10(16)14-5-7(6-14)4-8(15)9(12)13/h7,9H,4-6H2,1-3H3. The summed E-state index contributed by atoms with van der Waals surface area (Å²) in [5.41, 5.74) is -0.568. The molecule has 1 saturated heterocycles. The highest BCUT2D eigenvalue weighted by atomic mass is 19.3. The summed E-state index contributed by atoms with van der Waals surface area (Å²) in [6, 6.07) is 0. The molecule has 1 fully saturated rings. The number of rotatable bonds is 3. The zero-order valence-electron chi connectivity index (χ0n) is 10.2. The molecule has 1 aliphatic rings. The van der Waals surface area contributed by atoms with Gasteiger partial charge in [0.05, 0.1) is 0 Å². The van der Waals surface area contributed by atoms with E-state index < -0.39 is 23.9 Å². The number of ether oxygens (including phenoxy) is 1. The third-order valence-corrected chi connectivity index (χ3v) is 2.34. The molecule has 0 aliphatic carbocycles. The first-order valence-electron chi connectivity index (χ1n) is 5.48. The van der Waals surface area contributed by atoms with Crippen molar-refractivity contribution in [1.29, 1.82) is 0 Å². The number of amides is 1. The molecule has 0 spiro atoms. The van der Waals surface area contributed by atoms with E-state index in [1.54, 1.807) is 20.8 Å². The molecule has 98 valence electrons. The van der Waals surface area contributed by atoms with Crippen LogP contribution in [0.2, 0.25) is 0 Å². The van der Waals surface area contributed by atoms with Crippen LogP contribution in [0.15, 0.2) is 0 Å². The normalized spacial score (nSPS) is 16.9. The van der Waals surface area contributed by atoms with Gasteiger partial charge in [-0.15, -0.1) is 0 Å². The highest BCUT2D eigenvalue weighted by Gasteiger charge is 2.35. The molecule has 1 heterocycles. The fraction of sp³-hybridized carbons (Fsp3) is 0.818. The molecule has 0 atom stereocenters. The Balaban J connectivity index is 2.28. The van der Waals surface area contributed by atoms with E-state index in [9.17, 15) is 18.4 Å². The highest BCUT2D eigenvalue weighted by Crippen LogP contribution is 2.23. The van der Waals surface area contributed by atoms with Crippen LogP contribution in [0.3, 0.4) is 0 Å². The van der Waals surface area contributed by atoms with Crippen molar-refractivity contribution < 1.29 is 23.1 Å². The van der Waals surface area contributed by atoms with Crippen molar-refractivity contribution >= 4 is 11.9 Å². The van der Waals surface area contributed by atoms with Gasteiger partial charge in [0, 0.05) is 25.4 Å². The van der Waals surface area contributed by atoms with Crippen LogP contribution in [0.4, 0.5) is 13.6 Å². The van der Waals surface area contributed by atoms with Crippen molar-refractivity contribution in [3.8, 4) is 0 Å². The Bertz CT molecular complexity index is 306. The molecule has 4 nitrogen and oxygen atoms in total. The number of carbonyl (C=O) groups is 2. The maximum atomic E-state index is 12.0. The van der Waals surface area contributed by atoms with Gasteiger partial charge in [0.15, 0.2) is 5.78 Å². The molecule has 1 amide bonds. The van der Waals surface area contributed by atoms with Crippen LogP contribution in [0, 0.1) is 5.92 Å². The lowest BCUT2D eigenvalue weighted by Gasteiger charge is -2.39. The smallest absolute Gasteiger partial charge is 0.410 e. The average molecular weight is 249 g/mol. The van der Waals surface area contributed by atoms with Gasteiger partial charge in [-0.1, -0.05) is 0 Å². The molecule has 6 heteroatoms. The van der Waals surface area contributed by atoms with Gasteiger partial charge in [-0.2, -0.15) is 0 Å². The Morgan fingerprint density at radius 3 is 2.29 bits per heavy atom. The van der Waals surface area contributed by atoms with Crippen molar-refractivity contribution in [1.82, 2.24) is 4.90 Å². The Morgan fingerprint density at radius 2 is 1.88 bits per heavy atom. The van der Waals surface area contributed by atoms with Crippen LogP contribution in [-0.2, 0) is 9.53 Å². The van der Waals surface area contributed by atoms with Crippen LogP contribution in [-0.4, -0.2) is 41.9 Å². The number of ketones is 1. The van der Waals surface area contributed by atoms with Crippen LogP contribution in [0.1, 0.15) is 27.2 Å². The fourth-order valence-corrected chi connectivity index (χ4v) is 1.55. The van der Waals surface area contributed by atoms with E-state index in [-0.39, 0.29) is 12.3 Å². The Hall–Kier alpha value is -1.20.